The maximum Gasteiger partial charge on any atom is 0.262 e. The summed E-state index contributed by atoms with van der Waals surface area (Å²) in [4.78, 5) is 27.8. The average molecular weight is 366 g/mol. The third kappa shape index (κ3) is 2.76. The van der Waals surface area contributed by atoms with Crippen LogP contribution in [0.2, 0.25) is 0 Å². The zero-order valence-electron chi connectivity index (χ0n) is 14.8. The van der Waals surface area contributed by atoms with E-state index in [9.17, 15) is 9.59 Å². The van der Waals surface area contributed by atoms with Gasteiger partial charge in [-0.05, 0) is 34.4 Å². The number of hydrogen-bond donors (Lipinski definition) is 1. The van der Waals surface area contributed by atoms with Crippen molar-refractivity contribution in [3.8, 4) is 0 Å². The minimum absolute atomic E-state index is 0.0935. The summed E-state index contributed by atoms with van der Waals surface area (Å²) < 4.78 is 0. The van der Waals surface area contributed by atoms with Gasteiger partial charge >= 0.3 is 0 Å². The Balaban J connectivity index is 1.73. The number of hydrogen-bond acceptors (Lipinski definition) is 4. The van der Waals surface area contributed by atoms with E-state index in [1.807, 2.05) is 35.2 Å². The first-order chi connectivity index (χ1) is 12.7. The van der Waals surface area contributed by atoms with Gasteiger partial charge in [0.2, 0.25) is 0 Å². The number of fused-ring (bicyclic) bond motifs is 1. The van der Waals surface area contributed by atoms with Crippen molar-refractivity contribution in [2.75, 3.05) is 6.54 Å². The molecule has 4 nitrogen and oxygen atoms in total. The fourth-order valence-electron chi connectivity index (χ4n) is 3.83. The predicted octanol–water partition coefficient (Wildman–Crippen LogP) is 3.66. The summed E-state index contributed by atoms with van der Waals surface area (Å²) in [6, 6.07) is 2.08. The highest BCUT2D eigenvalue weighted by Gasteiger charge is 2.43. The molecule has 1 aromatic heterocycles. The van der Waals surface area contributed by atoms with Gasteiger partial charge in [-0.15, -0.1) is 0 Å². The lowest BCUT2D eigenvalue weighted by Crippen LogP contribution is -2.33. The van der Waals surface area contributed by atoms with Gasteiger partial charge in [-0.25, -0.2) is 0 Å². The van der Waals surface area contributed by atoms with Crippen LogP contribution in [0.5, 0.6) is 0 Å². The first-order valence-corrected chi connectivity index (χ1v) is 10.1. The van der Waals surface area contributed by atoms with Gasteiger partial charge < -0.3 is 5.32 Å². The highest BCUT2D eigenvalue weighted by atomic mass is 32.1. The molecule has 0 spiro atoms. The number of nitrogens with zero attached hydrogens (tertiary/aromatic N) is 1. The fourth-order valence-corrected chi connectivity index (χ4v) is 4.47. The monoisotopic (exact) mass is 366 g/mol. The molecule has 5 heteroatoms. The maximum absolute atomic E-state index is 13.2. The van der Waals surface area contributed by atoms with E-state index in [1.165, 1.54) is 4.90 Å². The zero-order valence-corrected chi connectivity index (χ0v) is 15.6. The van der Waals surface area contributed by atoms with E-state index < -0.39 is 0 Å². The Morgan fingerprint density at radius 1 is 1.12 bits per heavy atom. The van der Waals surface area contributed by atoms with Crippen LogP contribution in [0.3, 0.4) is 0 Å². The summed E-state index contributed by atoms with van der Waals surface area (Å²) in [5.74, 6) is -0.209. The molecule has 0 aromatic carbocycles. The van der Waals surface area contributed by atoms with Gasteiger partial charge in [0.05, 0.1) is 17.2 Å². The predicted molar refractivity (Wildman–Crippen MR) is 104 cm³/mol. The highest BCUT2D eigenvalue weighted by Crippen LogP contribution is 2.40. The van der Waals surface area contributed by atoms with Crippen molar-refractivity contribution >= 4 is 28.7 Å². The zero-order chi connectivity index (χ0) is 18.1. The molecule has 1 aliphatic carbocycles. The summed E-state index contributed by atoms with van der Waals surface area (Å²) in [5.41, 5.74) is 2.91. The molecule has 2 unspecified atom stereocenters. The smallest absolute Gasteiger partial charge is 0.262 e. The van der Waals surface area contributed by atoms with Crippen molar-refractivity contribution in [2.45, 2.75) is 32.2 Å². The minimum Gasteiger partial charge on any atom is -0.383 e. The lowest BCUT2D eigenvalue weighted by molar-refractivity contribution is -0.136. The molecule has 0 saturated carbocycles. The van der Waals surface area contributed by atoms with Crippen molar-refractivity contribution in [1.29, 1.82) is 0 Å². The van der Waals surface area contributed by atoms with Gasteiger partial charge in [-0.2, -0.15) is 11.3 Å². The molecule has 134 valence electrons. The van der Waals surface area contributed by atoms with E-state index in [-0.39, 0.29) is 23.8 Å². The first kappa shape index (κ1) is 17.0. The standard InChI is InChI=1S/C21H22N2O2S/c1-2-3-6-10-23-20(24)18(14-9-11-26-13-14)19(21(23)25)16-12-22-17-8-5-4-7-15(16)17/h4-5,7-9,11-13,15,17,22H,2-3,6,10H2,1H3. The molecule has 1 aromatic rings. The Morgan fingerprint density at radius 2 is 1.92 bits per heavy atom. The van der Waals surface area contributed by atoms with Crippen LogP contribution in [0, 0.1) is 5.92 Å². The molecule has 4 rings (SSSR count). The molecule has 3 heterocycles. The number of rotatable bonds is 6. The van der Waals surface area contributed by atoms with Crippen LogP contribution < -0.4 is 5.32 Å². The fraction of sp³-hybridized carbons (Fsp3) is 0.333. The molecule has 26 heavy (non-hydrogen) atoms. The number of unbranched alkanes of at least 4 members (excludes halogenated alkanes) is 2. The lowest BCUT2D eigenvalue weighted by atomic mass is 9.85. The largest absolute Gasteiger partial charge is 0.383 e. The lowest BCUT2D eigenvalue weighted by Gasteiger charge is -2.20. The Hall–Kier alpha value is -2.40. The number of carbonyl (C=O) groups excluding carboxylic acids is 2. The second-order valence-electron chi connectivity index (χ2n) is 6.82. The molecule has 2 aliphatic heterocycles. The molecular weight excluding hydrogens is 344 g/mol. The van der Waals surface area contributed by atoms with Crippen LogP contribution in [0.4, 0.5) is 0 Å². The Labute approximate surface area is 157 Å². The van der Waals surface area contributed by atoms with E-state index >= 15 is 0 Å². The van der Waals surface area contributed by atoms with Crippen LogP contribution in [-0.2, 0) is 9.59 Å². The van der Waals surface area contributed by atoms with Crippen LogP contribution in [-0.4, -0.2) is 29.3 Å². The van der Waals surface area contributed by atoms with Crippen molar-refractivity contribution in [1.82, 2.24) is 10.2 Å². The quantitative estimate of drug-likeness (QED) is 0.617. The summed E-state index contributed by atoms with van der Waals surface area (Å²) in [6.45, 7) is 2.61. The molecule has 0 saturated heterocycles. The Kier molecular flexibility index (Phi) is 4.64. The second kappa shape index (κ2) is 7.08. The van der Waals surface area contributed by atoms with Crippen molar-refractivity contribution in [2.24, 2.45) is 5.92 Å². The molecule has 0 fully saturated rings. The van der Waals surface area contributed by atoms with Crippen LogP contribution in [0.25, 0.3) is 5.57 Å². The van der Waals surface area contributed by atoms with Gasteiger partial charge in [0.25, 0.3) is 11.8 Å². The van der Waals surface area contributed by atoms with Crippen molar-refractivity contribution in [3.05, 3.63) is 64.0 Å². The van der Waals surface area contributed by atoms with E-state index in [2.05, 4.69) is 24.4 Å². The second-order valence-corrected chi connectivity index (χ2v) is 7.60. The number of thiophene rings is 1. The van der Waals surface area contributed by atoms with Gasteiger partial charge in [0.15, 0.2) is 0 Å². The molecular formula is C21H22N2O2S. The molecule has 1 N–H and O–H groups in total. The number of imide groups is 1. The van der Waals surface area contributed by atoms with E-state index in [1.54, 1.807) is 11.3 Å². The number of carbonyl (C=O) groups is 2. The average Bonchev–Trinajstić information content (AvgIpc) is 3.36. The minimum atomic E-state index is -0.154. The Bertz CT molecular complexity index is 845. The van der Waals surface area contributed by atoms with Crippen molar-refractivity contribution < 1.29 is 9.59 Å². The summed E-state index contributed by atoms with van der Waals surface area (Å²) >= 11 is 1.54. The number of amides is 2. The summed E-state index contributed by atoms with van der Waals surface area (Å²) in [7, 11) is 0. The Morgan fingerprint density at radius 3 is 2.69 bits per heavy atom. The summed E-state index contributed by atoms with van der Waals surface area (Å²) in [6.07, 6.45) is 13.1. The molecule has 3 aliphatic rings. The molecule has 2 atom stereocenters. The van der Waals surface area contributed by atoms with Crippen LogP contribution in [0.15, 0.2) is 58.5 Å². The highest BCUT2D eigenvalue weighted by molar-refractivity contribution is 7.08. The van der Waals surface area contributed by atoms with Gasteiger partial charge in [-0.3, -0.25) is 14.5 Å². The number of allylic oxidation sites excluding steroid dienone is 2. The third-order valence-electron chi connectivity index (χ3n) is 5.18. The normalized spacial score (nSPS) is 24.3. The van der Waals surface area contributed by atoms with Gasteiger partial charge in [0.1, 0.15) is 0 Å². The van der Waals surface area contributed by atoms with Crippen LogP contribution in [0.1, 0.15) is 31.7 Å². The maximum atomic E-state index is 13.2. The van der Waals surface area contributed by atoms with Gasteiger partial charge in [-0.1, -0.05) is 44.1 Å². The summed E-state index contributed by atoms with van der Waals surface area (Å²) in [5, 5.41) is 7.24. The van der Waals surface area contributed by atoms with Gasteiger partial charge in [0, 0.05) is 18.7 Å². The first-order valence-electron chi connectivity index (χ1n) is 9.17. The van der Waals surface area contributed by atoms with Crippen LogP contribution >= 0.6 is 11.3 Å². The third-order valence-corrected chi connectivity index (χ3v) is 5.86. The molecule has 2 amide bonds. The number of nitrogens with one attached hydrogen (secondary N) is 1. The topological polar surface area (TPSA) is 49.4 Å². The van der Waals surface area contributed by atoms with E-state index in [0.717, 1.165) is 30.4 Å². The molecule has 0 radical (unpaired) electrons. The SMILES string of the molecule is CCCCCN1C(=O)C(C2=CNC3C=CC=CC23)=C(c2ccsc2)C1=O. The van der Waals surface area contributed by atoms with E-state index in [0.29, 0.717) is 17.7 Å². The van der Waals surface area contributed by atoms with E-state index in [4.69, 9.17) is 0 Å². The molecule has 0 bridgehead atoms. The van der Waals surface area contributed by atoms with Crippen molar-refractivity contribution in [3.63, 3.8) is 0 Å².